The van der Waals surface area contributed by atoms with E-state index in [0.717, 1.165) is 19.2 Å². The van der Waals surface area contributed by atoms with Gasteiger partial charge in [0.1, 0.15) is 0 Å². The lowest BCUT2D eigenvalue weighted by atomic mass is 10.1. The molecule has 0 aliphatic rings. The topological polar surface area (TPSA) is 52.3 Å². The fourth-order valence-corrected chi connectivity index (χ4v) is 1.57. The van der Waals surface area contributed by atoms with Crippen molar-refractivity contribution in [3.63, 3.8) is 0 Å². The van der Waals surface area contributed by atoms with Crippen LogP contribution in [0.4, 0.5) is 13.2 Å². The van der Waals surface area contributed by atoms with Crippen LogP contribution in [0.2, 0.25) is 0 Å². The molecule has 0 atom stereocenters. The van der Waals surface area contributed by atoms with Crippen molar-refractivity contribution < 1.29 is 27.1 Å². The number of rotatable bonds is 1. The molecule has 96 valence electrons. The Balaban J connectivity index is 2.72. The Kier molecular flexibility index (Phi) is 2.76. The first-order chi connectivity index (χ1) is 8.32. The molecule has 0 aliphatic carbocycles. The third-order valence-electron chi connectivity index (χ3n) is 2.33. The van der Waals surface area contributed by atoms with Gasteiger partial charge in [-0.15, -0.1) is 0 Å². The highest BCUT2D eigenvalue weighted by molar-refractivity contribution is 5.92. The molecule has 18 heavy (non-hydrogen) atoms. The molecule has 0 amide bonds. The number of methoxy groups -OCH3 is 1. The molecule has 0 N–H and O–H groups in total. The van der Waals surface area contributed by atoms with Crippen molar-refractivity contribution in [3.05, 3.63) is 29.2 Å². The summed E-state index contributed by atoms with van der Waals surface area (Å²) in [5.74, 6) is -1.16. The molecule has 0 saturated heterocycles. The van der Waals surface area contributed by atoms with Crippen molar-refractivity contribution in [2.24, 2.45) is 0 Å². The smallest absolute Gasteiger partial charge is 0.417 e. The Hall–Kier alpha value is -2.05. The van der Waals surface area contributed by atoms with E-state index in [9.17, 15) is 18.0 Å². The van der Waals surface area contributed by atoms with Crippen LogP contribution in [0.15, 0.2) is 16.5 Å². The van der Waals surface area contributed by atoms with Crippen molar-refractivity contribution in [1.82, 2.24) is 4.98 Å². The number of hydrogen-bond donors (Lipinski definition) is 0. The number of carbonyl (C=O) groups is 1. The number of fused-ring (bicyclic) bond motifs is 1. The molecule has 2 rings (SSSR count). The zero-order valence-electron chi connectivity index (χ0n) is 9.46. The standard InChI is InChI=1S/C11H8F3NO3/c1-5-3-7(11(12,13)14)6-4-8(10(16)17-2)18-9(6)15-5/h3-4H,1-2H3. The number of aromatic nitrogens is 1. The maximum absolute atomic E-state index is 12.8. The maximum Gasteiger partial charge on any atom is 0.417 e. The zero-order chi connectivity index (χ0) is 13.5. The van der Waals surface area contributed by atoms with Gasteiger partial charge in [0.25, 0.3) is 0 Å². The molecule has 0 bridgehead atoms. The number of aryl methyl sites for hydroxylation is 1. The SMILES string of the molecule is COC(=O)c1cc2c(C(F)(F)F)cc(C)nc2o1. The molecule has 0 fully saturated rings. The minimum atomic E-state index is -4.54. The Bertz CT molecular complexity index is 616. The molecule has 7 heteroatoms. The fourth-order valence-electron chi connectivity index (χ4n) is 1.57. The summed E-state index contributed by atoms with van der Waals surface area (Å²) in [6.45, 7) is 1.41. The van der Waals surface area contributed by atoms with E-state index in [1.165, 1.54) is 6.92 Å². The molecule has 0 saturated carbocycles. The molecule has 2 aromatic heterocycles. The fraction of sp³-hybridized carbons (Fsp3) is 0.273. The van der Waals surface area contributed by atoms with Gasteiger partial charge in [-0.1, -0.05) is 0 Å². The van der Waals surface area contributed by atoms with Gasteiger partial charge in [-0.2, -0.15) is 13.2 Å². The second kappa shape index (κ2) is 4.01. The largest absolute Gasteiger partial charge is 0.463 e. The van der Waals surface area contributed by atoms with E-state index in [0.29, 0.717) is 0 Å². The summed E-state index contributed by atoms with van der Waals surface area (Å²) < 4.78 is 47.7. The van der Waals surface area contributed by atoms with Gasteiger partial charge in [0.05, 0.1) is 18.1 Å². The molecular weight excluding hydrogens is 251 g/mol. The average Bonchev–Trinajstić information content (AvgIpc) is 2.68. The quantitative estimate of drug-likeness (QED) is 0.739. The average molecular weight is 259 g/mol. The first kappa shape index (κ1) is 12.4. The van der Waals surface area contributed by atoms with E-state index < -0.39 is 17.7 Å². The first-order valence-electron chi connectivity index (χ1n) is 4.89. The van der Waals surface area contributed by atoms with Crippen molar-refractivity contribution in [3.8, 4) is 0 Å². The predicted molar refractivity (Wildman–Crippen MR) is 55.1 cm³/mol. The van der Waals surface area contributed by atoms with Crippen molar-refractivity contribution in [1.29, 1.82) is 0 Å². The van der Waals surface area contributed by atoms with E-state index >= 15 is 0 Å². The molecule has 0 aromatic carbocycles. The van der Waals surface area contributed by atoms with Crippen LogP contribution in [-0.4, -0.2) is 18.1 Å². The van der Waals surface area contributed by atoms with Crippen molar-refractivity contribution >= 4 is 17.1 Å². The lowest BCUT2D eigenvalue weighted by Crippen LogP contribution is -2.06. The highest BCUT2D eigenvalue weighted by atomic mass is 19.4. The Morgan fingerprint density at radius 3 is 2.61 bits per heavy atom. The Morgan fingerprint density at radius 1 is 1.39 bits per heavy atom. The highest BCUT2D eigenvalue weighted by Gasteiger charge is 2.34. The number of nitrogens with zero attached hydrogens (tertiary/aromatic N) is 1. The van der Waals surface area contributed by atoms with Crippen LogP contribution in [-0.2, 0) is 10.9 Å². The second-order valence-electron chi connectivity index (χ2n) is 3.63. The van der Waals surface area contributed by atoms with Gasteiger partial charge in [0, 0.05) is 11.8 Å². The highest BCUT2D eigenvalue weighted by Crippen LogP contribution is 2.36. The van der Waals surface area contributed by atoms with Gasteiger partial charge < -0.3 is 9.15 Å². The molecule has 0 spiro atoms. The normalized spacial score (nSPS) is 11.8. The molecule has 0 aliphatic heterocycles. The third-order valence-corrected chi connectivity index (χ3v) is 2.33. The number of alkyl halides is 3. The van der Waals surface area contributed by atoms with Crippen molar-refractivity contribution in [2.75, 3.05) is 7.11 Å². The predicted octanol–water partition coefficient (Wildman–Crippen LogP) is 2.94. The monoisotopic (exact) mass is 259 g/mol. The van der Waals surface area contributed by atoms with E-state index in [4.69, 9.17) is 4.42 Å². The maximum atomic E-state index is 12.8. The third kappa shape index (κ3) is 2.03. The van der Waals surface area contributed by atoms with Gasteiger partial charge in [-0.25, -0.2) is 9.78 Å². The molecular formula is C11H8F3NO3. The summed E-state index contributed by atoms with van der Waals surface area (Å²) in [5, 5.41) is -0.256. The lowest BCUT2D eigenvalue weighted by Gasteiger charge is -2.07. The van der Waals surface area contributed by atoms with Crippen LogP contribution < -0.4 is 0 Å². The van der Waals surface area contributed by atoms with Gasteiger partial charge in [0.15, 0.2) is 0 Å². The van der Waals surface area contributed by atoms with Gasteiger partial charge >= 0.3 is 12.1 Å². The summed E-state index contributed by atoms with van der Waals surface area (Å²) in [4.78, 5) is 15.0. The molecule has 2 aromatic rings. The minimum absolute atomic E-state index is 0.153. The molecule has 0 unspecified atom stereocenters. The summed E-state index contributed by atoms with van der Waals surface area (Å²) >= 11 is 0. The molecule has 0 radical (unpaired) electrons. The van der Waals surface area contributed by atoms with Gasteiger partial charge in [0.2, 0.25) is 11.5 Å². The number of halogens is 3. The summed E-state index contributed by atoms with van der Waals surface area (Å²) in [7, 11) is 1.11. The second-order valence-corrected chi connectivity index (χ2v) is 3.63. The summed E-state index contributed by atoms with van der Waals surface area (Å²) in [5.41, 5.74) is -0.966. The number of pyridine rings is 1. The van der Waals surface area contributed by atoms with E-state index in [1.807, 2.05) is 0 Å². The van der Waals surface area contributed by atoms with Crippen LogP contribution in [0, 0.1) is 6.92 Å². The number of hydrogen-bond acceptors (Lipinski definition) is 4. The van der Waals surface area contributed by atoms with Crippen LogP contribution in [0.1, 0.15) is 21.8 Å². The summed E-state index contributed by atoms with van der Waals surface area (Å²) in [6.07, 6.45) is -4.54. The van der Waals surface area contributed by atoms with Crippen LogP contribution in [0.25, 0.3) is 11.1 Å². The van der Waals surface area contributed by atoms with Gasteiger partial charge in [-0.05, 0) is 13.0 Å². The van der Waals surface area contributed by atoms with Crippen molar-refractivity contribution in [2.45, 2.75) is 13.1 Å². The minimum Gasteiger partial charge on any atom is -0.463 e. The number of carbonyl (C=O) groups excluding carboxylic acids is 1. The first-order valence-corrected chi connectivity index (χ1v) is 4.89. The van der Waals surface area contributed by atoms with Crippen LogP contribution >= 0.6 is 0 Å². The Morgan fingerprint density at radius 2 is 2.06 bits per heavy atom. The Labute approximate surface area is 99.4 Å². The van der Waals surface area contributed by atoms with Crippen LogP contribution in [0.5, 0.6) is 0 Å². The lowest BCUT2D eigenvalue weighted by molar-refractivity contribution is -0.136. The van der Waals surface area contributed by atoms with E-state index in [2.05, 4.69) is 9.72 Å². The number of esters is 1. The molecule has 4 nitrogen and oxygen atoms in total. The van der Waals surface area contributed by atoms with E-state index in [-0.39, 0.29) is 22.6 Å². The zero-order valence-corrected chi connectivity index (χ0v) is 9.46. The molecule has 2 heterocycles. The van der Waals surface area contributed by atoms with Crippen LogP contribution in [0.3, 0.4) is 0 Å². The van der Waals surface area contributed by atoms with Gasteiger partial charge in [-0.3, -0.25) is 0 Å². The number of ether oxygens (including phenoxy) is 1. The number of furan rings is 1. The summed E-state index contributed by atoms with van der Waals surface area (Å²) in [6, 6.07) is 1.88. The van der Waals surface area contributed by atoms with E-state index in [1.54, 1.807) is 0 Å².